The zero-order valence-electron chi connectivity index (χ0n) is 9.80. The summed E-state index contributed by atoms with van der Waals surface area (Å²) < 4.78 is 4.67. The van der Waals surface area contributed by atoms with E-state index in [-0.39, 0.29) is 24.4 Å². The molecule has 2 N–H and O–H groups in total. The number of hydrogen-bond acceptors (Lipinski definition) is 6. The second-order valence-electron chi connectivity index (χ2n) is 3.30. The molecule has 1 rings (SSSR count). The van der Waals surface area contributed by atoms with Gasteiger partial charge in [-0.25, -0.2) is 4.79 Å². The summed E-state index contributed by atoms with van der Waals surface area (Å²) >= 11 is 1.25. The van der Waals surface area contributed by atoms with Gasteiger partial charge in [0.2, 0.25) is 0 Å². The van der Waals surface area contributed by atoms with Gasteiger partial charge in [0.1, 0.15) is 11.3 Å². The summed E-state index contributed by atoms with van der Waals surface area (Å²) in [5.41, 5.74) is -0.290. The number of aliphatic hydroxyl groups excluding tert-OH is 1. The monoisotopic (exact) mass is 267 g/mol. The smallest absolute Gasteiger partial charge is 0.343 e. The van der Waals surface area contributed by atoms with Gasteiger partial charge in [-0.1, -0.05) is 6.07 Å². The third kappa shape index (κ3) is 3.53. The van der Waals surface area contributed by atoms with Crippen molar-refractivity contribution in [3.8, 4) is 0 Å². The molecule has 0 atom stereocenters. The van der Waals surface area contributed by atoms with Crippen LogP contribution in [0.3, 0.4) is 0 Å². The average molecular weight is 267 g/mol. The molecule has 0 radical (unpaired) electrons. The normalized spacial score (nSPS) is 11.6. The van der Waals surface area contributed by atoms with Crippen molar-refractivity contribution < 1.29 is 19.4 Å². The molecule has 0 bridgehead atoms. The molecule has 6 heteroatoms. The SMILES string of the molecule is CCOC(=O)/C(C=N)=C(\O)CC(=O)c1cccs1. The van der Waals surface area contributed by atoms with Gasteiger partial charge in [0.15, 0.2) is 5.78 Å². The van der Waals surface area contributed by atoms with Crippen LogP contribution in [-0.4, -0.2) is 29.7 Å². The molecule has 0 saturated heterocycles. The third-order valence-electron chi connectivity index (χ3n) is 2.07. The maximum absolute atomic E-state index is 11.7. The van der Waals surface area contributed by atoms with Gasteiger partial charge in [-0.3, -0.25) is 4.79 Å². The van der Waals surface area contributed by atoms with E-state index >= 15 is 0 Å². The molecule has 0 fully saturated rings. The van der Waals surface area contributed by atoms with Gasteiger partial charge in [-0.2, -0.15) is 0 Å². The number of ketones is 1. The molecular weight excluding hydrogens is 254 g/mol. The van der Waals surface area contributed by atoms with Crippen molar-refractivity contribution in [3.63, 3.8) is 0 Å². The van der Waals surface area contributed by atoms with Crippen LogP contribution in [0.15, 0.2) is 28.8 Å². The van der Waals surface area contributed by atoms with E-state index in [0.717, 1.165) is 0 Å². The number of allylic oxidation sites excluding steroid dienone is 1. The van der Waals surface area contributed by atoms with Crippen molar-refractivity contribution >= 4 is 29.3 Å². The quantitative estimate of drug-likeness (QED) is 0.272. The minimum atomic E-state index is -0.802. The van der Waals surface area contributed by atoms with Gasteiger partial charge < -0.3 is 15.3 Å². The van der Waals surface area contributed by atoms with E-state index in [4.69, 9.17) is 5.41 Å². The molecular formula is C12H13NO4S. The molecule has 18 heavy (non-hydrogen) atoms. The molecule has 0 aliphatic carbocycles. The van der Waals surface area contributed by atoms with Gasteiger partial charge in [-0.05, 0) is 18.4 Å². The predicted octanol–water partition coefficient (Wildman–Crippen LogP) is 2.35. The molecule has 0 saturated carbocycles. The zero-order valence-corrected chi connectivity index (χ0v) is 10.6. The van der Waals surface area contributed by atoms with Crippen LogP contribution in [-0.2, 0) is 9.53 Å². The first-order valence-corrected chi connectivity index (χ1v) is 6.14. The van der Waals surface area contributed by atoms with Crippen LogP contribution in [0.1, 0.15) is 23.0 Å². The molecule has 0 amide bonds. The van der Waals surface area contributed by atoms with Gasteiger partial charge in [0.05, 0.1) is 17.9 Å². The third-order valence-corrected chi connectivity index (χ3v) is 2.99. The Balaban J connectivity index is 2.83. The summed E-state index contributed by atoms with van der Waals surface area (Å²) in [6.45, 7) is 1.76. The number of rotatable bonds is 6. The highest BCUT2D eigenvalue weighted by molar-refractivity contribution is 7.12. The maximum atomic E-state index is 11.7. The lowest BCUT2D eigenvalue weighted by molar-refractivity contribution is -0.138. The summed E-state index contributed by atoms with van der Waals surface area (Å²) in [7, 11) is 0. The van der Waals surface area contributed by atoms with Crippen LogP contribution in [0.5, 0.6) is 0 Å². The fourth-order valence-electron chi connectivity index (χ4n) is 1.24. The highest BCUT2D eigenvalue weighted by Crippen LogP contribution is 2.15. The number of hydrogen-bond donors (Lipinski definition) is 2. The molecule has 1 aromatic rings. The van der Waals surface area contributed by atoms with Crippen LogP contribution in [0, 0.1) is 5.41 Å². The molecule has 0 unspecified atom stereocenters. The first-order chi connectivity index (χ1) is 8.60. The molecule has 5 nitrogen and oxygen atoms in total. The second-order valence-corrected chi connectivity index (χ2v) is 4.25. The number of ether oxygens (including phenoxy) is 1. The summed E-state index contributed by atoms with van der Waals surface area (Å²) in [5.74, 6) is -1.54. The Hall–Kier alpha value is -1.95. The van der Waals surface area contributed by atoms with Crippen LogP contribution in [0.2, 0.25) is 0 Å². The Morgan fingerprint density at radius 1 is 1.56 bits per heavy atom. The number of thiophene rings is 1. The lowest BCUT2D eigenvalue weighted by Gasteiger charge is -2.05. The minimum absolute atomic E-state index is 0.141. The van der Waals surface area contributed by atoms with Crippen LogP contribution in [0.25, 0.3) is 0 Å². The van der Waals surface area contributed by atoms with E-state index in [9.17, 15) is 14.7 Å². The van der Waals surface area contributed by atoms with E-state index in [2.05, 4.69) is 4.74 Å². The van der Waals surface area contributed by atoms with Crippen LogP contribution in [0.4, 0.5) is 0 Å². The summed E-state index contributed by atoms with van der Waals surface area (Å²) in [4.78, 5) is 23.6. The molecule has 0 spiro atoms. The fraction of sp³-hybridized carbons (Fsp3) is 0.250. The van der Waals surface area contributed by atoms with Crippen LogP contribution < -0.4 is 0 Å². The molecule has 96 valence electrons. The number of esters is 1. The zero-order chi connectivity index (χ0) is 13.5. The number of carbonyl (C=O) groups excluding carboxylic acids is 2. The Bertz CT molecular complexity index is 476. The molecule has 0 aromatic carbocycles. The van der Waals surface area contributed by atoms with Crippen molar-refractivity contribution in [2.24, 2.45) is 0 Å². The molecule has 1 aromatic heterocycles. The topological polar surface area (TPSA) is 87.5 Å². The van der Waals surface area contributed by atoms with Crippen LogP contribution >= 0.6 is 11.3 Å². The number of carbonyl (C=O) groups is 2. The minimum Gasteiger partial charge on any atom is -0.511 e. The Morgan fingerprint density at radius 3 is 2.78 bits per heavy atom. The van der Waals surface area contributed by atoms with Crippen molar-refractivity contribution in [2.45, 2.75) is 13.3 Å². The van der Waals surface area contributed by atoms with Crippen molar-refractivity contribution in [1.82, 2.24) is 0 Å². The number of nitrogens with one attached hydrogen (secondary N) is 1. The van der Waals surface area contributed by atoms with Crippen molar-refractivity contribution in [1.29, 1.82) is 5.41 Å². The standard InChI is InChI=1S/C12H13NO4S/c1-2-17-12(16)8(7-13)9(14)6-10(15)11-4-3-5-18-11/h3-5,7,13-14H,2,6H2,1H3/b9-8-,13-7?. The lowest BCUT2D eigenvalue weighted by atomic mass is 10.1. The maximum Gasteiger partial charge on any atom is 0.343 e. The van der Waals surface area contributed by atoms with Crippen molar-refractivity contribution in [2.75, 3.05) is 6.61 Å². The summed E-state index contributed by atoms with van der Waals surface area (Å²) in [6.07, 6.45) is 0.374. The highest BCUT2D eigenvalue weighted by Gasteiger charge is 2.17. The van der Waals surface area contributed by atoms with E-state index in [1.165, 1.54) is 11.3 Å². The Kier molecular flexibility index (Phi) is 5.26. The first-order valence-electron chi connectivity index (χ1n) is 5.26. The molecule has 1 heterocycles. The Morgan fingerprint density at radius 2 is 2.28 bits per heavy atom. The first kappa shape index (κ1) is 14.1. The average Bonchev–Trinajstić information content (AvgIpc) is 2.83. The molecule has 0 aliphatic heterocycles. The van der Waals surface area contributed by atoms with Gasteiger partial charge >= 0.3 is 5.97 Å². The van der Waals surface area contributed by atoms with E-state index in [0.29, 0.717) is 11.1 Å². The lowest BCUT2D eigenvalue weighted by Crippen LogP contribution is -2.12. The number of aliphatic hydroxyl groups is 1. The van der Waals surface area contributed by atoms with Gasteiger partial charge in [-0.15, -0.1) is 11.3 Å². The fourth-order valence-corrected chi connectivity index (χ4v) is 1.91. The predicted molar refractivity (Wildman–Crippen MR) is 68.3 cm³/mol. The number of Topliss-reactive ketones (excluding diaryl/α,β-unsaturated/α-hetero) is 1. The van der Waals surface area contributed by atoms with Gasteiger partial charge in [0, 0.05) is 6.21 Å². The molecule has 0 aliphatic rings. The van der Waals surface area contributed by atoms with E-state index < -0.39 is 11.7 Å². The summed E-state index contributed by atoms with van der Waals surface area (Å²) in [6, 6.07) is 3.36. The summed E-state index contributed by atoms with van der Waals surface area (Å²) in [5, 5.41) is 18.5. The van der Waals surface area contributed by atoms with Gasteiger partial charge in [0.25, 0.3) is 0 Å². The van der Waals surface area contributed by atoms with Crippen molar-refractivity contribution in [3.05, 3.63) is 33.7 Å². The second kappa shape index (κ2) is 6.70. The van der Waals surface area contributed by atoms with E-state index in [1.807, 2.05) is 0 Å². The highest BCUT2D eigenvalue weighted by atomic mass is 32.1. The Labute approximate surface area is 108 Å². The van der Waals surface area contributed by atoms with E-state index in [1.54, 1.807) is 24.4 Å². The largest absolute Gasteiger partial charge is 0.511 e.